The summed E-state index contributed by atoms with van der Waals surface area (Å²) >= 11 is 0. The molecule has 0 aliphatic carbocycles. The molecule has 0 radical (unpaired) electrons. The average Bonchev–Trinajstić information content (AvgIpc) is 1.54. The maximum atomic E-state index is 15.1. The first-order chi connectivity index (χ1) is 52.9. The fourth-order valence-corrected chi connectivity index (χ4v) is 12.4. The summed E-state index contributed by atoms with van der Waals surface area (Å²) in [5.74, 6) is -19.8. The van der Waals surface area contributed by atoms with Gasteiger partial charge in [-0.15, -0.1) is 0 Å². The number of nitrogens with one attached hydrogen (secondary N) is 11. The van der Waals surface area contributed by atoms with Gasteiger partial charge in [0.2, 0.25) is 82.7 Å². The Hall–Kier alpha value is -10.7. The van der Waals surface area contributed by atoms with Gasteiger partial charge in [0.25, 0.3) is 0 Å². The summed E-state index contributed by atoms with van der Waals surface area (Å²) in [6, 6.07) is -4.43. The van der Waals surface area contributed by atoms with Crippen LogP contribution in [0.1, 0.15) is 136 Å². The molecule has 112 heavy (non-hydrogen) atoms. The molecule has 620 valence electrons. The maximum Gasteiger partial charge on any atom is 0.329 e. The van der Waals surface area contributed by atoms with E-state index in [4.69, 9.17) is 27.7 Å². The van der Waals surface area contributed by atoms with Crippen molar-refractivity contribution in [2.75, 3.05) is 46.9 Å². The van der Waals surface area contributed by atoms with Crippen molar-refractivity contribution in [1.29, 1.82) is 0 Å². The lowest BCUT2D eigenvalue weighted by molar-refractivity contribution is -0.162. The van der Waals surface area contributed by atoms with Crippen LogP contribution < -0.4 is 76.1 Å². The first-order valence-corrected chi connectivity index (χ1v) is 37.4. The van der Waals surface area contributed by atoms with Crippen molar-refractivity contribution in [3.05, 3.63) is 71.9 Å². The Kier molecular flexibility index (Phi) is 39.2. The topological polar surface area (TPSA) is 610 Å². The third kappa shape index (κ3) is 30.2. The number of ether oxygens (including phenoxy) is 1. The minimum Gasteiger partial charge on any atom is -0.481 e. The molecule has 38 heteroatoms. The number of nitrogens with zero attached hydrogens (tertiary/aromatic N) is 2. The zero-order valence-corrected chi connectivity index (χ0v) is 64.6. The lowest BCUT2D eigenvalue weighted by Gasteiger charge is -2.34. The molecule has 4 rings (SSSR count). The quantitative estimate of drug-likeness (QED) is 0.0252. The molecule has 1 aliphatic rings. The number of aromatic amines is 1. The van der Waals surface area contributed by atoms with E-state index in [1.165, 1.54) is 14.1 Å². The normalized spacial score (nSPS) is 24.1. The van der Waals surface area contributed by atoms with Crippen molar-refractivity contribution in [1.82, 2.24) is 68.0 Å². The predicted molar refractivity (Wildman–Crippen MR) is 404 cm³/mol. The van der Waals surface area contributed by atoms with Crippen molar-refractivity contribution in [2.24, 2.45) is 40.7 Å². The van der Waals surface area contributed by atoms with E-state index in [0.717, 1.165) is 9.80 Å². The molecule has 1 aromatic heterocycles. The van der Waals surface area contributed by atoms with Gasteiger partial charge in [-0.25, -0.2) is 4.79 Å². The summed E-state index contributed by atoms with van der Waals surface area (Å²) in [6.45, 7) is 7.05. The molecule has 2 aromatic carbocycles. The summed E-state index contributed by atoms with van der Waals surface area (Å²) in [7, 11) is 2.44. The smallest absolute Gasteiger partial charge is 0.329 e. The number of nitrogens with two attached hydrogens (primary N) is 4. The van der Waals surface area contributed by atoms with Crippen molar-refractivity contribution in [2.45, 2.75) is 217 Å². The van der Waals surface area contributed by atoms with Gasteiger partial charge in [0.05, 0.1) is 32.6 Å². The van der Waals surface area contributed by atoms with Gasteiger partial charge in [-0.3, -0.25) is 71.9 Å². The molecule has 23 N–H and O–H groups in total. The number of esters is 1. The van der Waals surface area contributed by atoms with Crippen LogP contribution in [0, 0.1) is 17.8 Å². The molecule has 0 unspecified atom stereocenters. The van der Waals surface area contributed by atoms with Gasteiger partial charge in [-0.2, -0.15) is 0 Å². The van der Waals surface area contributed by atoms with Crippen molar-refractivity contribution in [3.63, 3.8) is 0 Å². The number of fused-ring (bicyclic) bond motifs is 1. The second-order valence-electron chi connectivity index (χ2n) is 28.9. The Morgan fingerprint density at radius 2 is 1.08 bits per heavy atom. The Bertz CT molecular complexity index is 3730. The lowest BCUT2D eigenvalue weighted by Crippen LogP contribution is -2.63. The number of amides is 14. The van der Waals surface area contributed by atoms with E-state index in [-0.39, 0.29) is 76.3 Å². The summed E-state index contributed by atoms with van der Waals surface area (Å²) in [4.78, 5) is 230. The van der Waals surface area contributed by atoms with E-state index >= 15 is 9.59 Å². The SMILES string of the molecule is CC(C)CCCC[C@@H]1CC(=O)N[C@H](CO)C(=O)N[C@H]([C@H](O)C(N)=O)C(=O)N[C@H](CO)C(=O)NCC(=O)N(C)[C@H](Cc2ccccc2)C(=O)N[C@@H](CC(C)C)C(=O)N[C@@H](CCCN)C(=O)N[C@H](CCC(=O)O)C(=O)N[C@@H](CC(N)=O)C(=O)N[C@H](Cc2c[nH]c3ccccc23)C(=O)N[C@@H](CCCN)C(=O)N(C)[C@H](C(C)C)C(=O)O1. The molecule has 13 atom stereocenters. The number of carbonyl (C=O) groups excluding carboxylic acids is 15. The van der Waals surface area contributed by atoms with Crippen LogP contribution in [0.25, 0.3) is 10.9 Å². The number of unbranched alkanes of at least 4 members (excludes halogenated alkanes) is 1. The number of primary amides is 2. The third-order valence-electron chi connectivity index (χ3n) is 18.6. The van der Waals surface area contributed by atoms with E-state index in [2.05, 4.69) is 47.5 Å². The highest BCUT2D eigenvalue weighted by Gasteiger charge is 2.42. The molecular formula is C74H113N17O21. The highest BCUT2D eigenvalue weighted by atomic mass is 16.5. The van der Waals surface area contributed by atoms with Crippen LogP contribution >= 0.6 is 0 Å². The largest absolute Gasteiger partial charge is 0.481 e. The minimum atomic E-state index is -2.59. The predicted octanol–water partition coefficient (Wildman–Crippen LogP) is -4.63. The number of hydrogen-bond donors (Lipinski definition) is 19. The number of aromatic nitrogens is 1. The number of aliphatic hydroxyl groups is 3. The van der Waals surface area contributed by atoms with E-state index in [0.29, 0.717) is 41.3 Å². The fraction of sp³-hybridized carbons (Fsp3) is 0.595. The number of H-pyrrole nitrogens is 1. The Morgan fingerprint density at radius 3 is 1.66 bits per heavy atom. The number of carboxylic acids is 1. The number of carboxylic acid groups (broad SMARTS) is 1. The Labute approximate surface area is 649 Å². The highest BCUT2D eigenvalue weighted by Crippen LogP contribution is 2.23. The summed E-state index contributed by atoms with van der Waals surface area (Å²) in [5, 5.41) is 66.1. The van der Waals surface area contributed by atoms with Crippen LogP contribution in [-0.4, -0.2) is 255 Å². The Morgan fingerprint density at radius 1 is 0.554 bits per heavy atom. The number of aliphatic hydroxyl groups excluding tert-OH is 3. The average molecular weight is 1580 g/mol. The number of benzene rings is 2. The first kappa shape index (κ1) is 93.7. The third-order valence-corrected chi connectivity index (χ3v) is 18.6. The van der Waals surface area contributed by atoms with Gasteiger partial charge in [0.1, 0.15) is 72.6 Å². The molecule has 1 saturated heterocycles. The van der Waals surface area contributed by atoms with Gasteiger partial charge in [0.15, 0.2) is 6.10 Å². The first-order valence-electron chi connectivity index (χ1n) is 37.4. The number of carbonyl (C=O) groups is 16. The van der Waals surface area contributed by atoms with Crippen molar-refractivity contribution in [3.8, 4) is 0 Å². The second-order valence-corrected chi connectivity index (χ2v) is 28.9. The zero-order valence-electron chi connectivity index (χ0n) is 64.6. The number of hydrogen-bond acceptors (Lipinski definition) is 22. The summed E-state index contributed by atoms with van der Waals surface area (Å²) < 4.78 is 6.04. The van der Waals surface area contributed by atoms with E-state index in [9.17, 15) is 87.5 Å². The molecule has 2 heterocycles. The molecule has 14 amide bonds. The van der Waals surface area contributed by atoms with Crippen LogP contribution in [-0.2, 0) is 94.3 Å². The van der Waals surface area contributed by atoms with Crippen LogP contribution in [0.5, 0.6) is 0 Å². The van der Waals surface area contributed by atoms with Crippen LogP contribution in [0.15, 0.2) is 60.8 Å². The van der Waals surface area contributed by atoms with Gasteiger partial charge >= 0.3 is 11.9 Å². The molecule has 1 fully saturated rings. The molecule has 0 spiro atoms. The minimum absolute atomic E-state index is 0.0205. The number of cyclic esters (lactones) is 1. The molecule has 0 saturated carbocycles. The lowest BCUT2D eigenvalue weighted by atomic mass is 9.99. The van der Waals surface area contributed by atoms with Gasteiger partial charge in [-0.05, 0) is 99.4 Å². The number of likely N-dealkylation sites (N-methyl/N-ethyl adjacent to an activating group) is 2. The number of aliphatic carboxylic acids is 1. The standard InChI is InChI=1S/C74H113N17O21/c1-39(2)18-12-13-21-44-33-57(95)81-54(38-93)70(107)89-60(62(99)63(78)100)72(109)88-53(37-92)64(101)80-36-58(96)90(7)55(31-42-19-10-9-11-20-42)71(108)87-50(30-40(3)4)67(104)82-47(24-16-28-75)65(102)83-48(26-27-59(97)98)66(103)86-52(34-56(77)94)69(106)85-51(32-43-35-79-46-23-15-14-22-45(43)46)68(105)84-49(25-17-29-76)73(110)91(8)61(41(5)6)74(111)112-44/h9-11,14-15,19-20,22-23,35,39-41,44,47-55,60-62,79,92-93,99H,12-13,16-18,21,24-34,36-38,75-76H2,1-8H3,(H2,77,94)(H2,78,100)(H,80,101)(H,81,95)(H,82,104)(H,83,102)(H,84,105)(H,85,106)(H,86,103)(H,87,108)(H,88,109)(H,89,107)(H,97,98)/t44-,47+,48-,49+,50+,51-,52+,53-,54-,55-,60-,61-,62+/m1/s1. The number of para-hydroxylation sites is 1. The van der Waals surface area contributed by atoms with Gasteiger partial charge in [-0.1, -0.05) is 103 Å². The maximum absolute atomic E-state index is 15.1. The zero-order chi connectivity index (χ0) is 83.6. The van der Waals surface area contributed by atoms with Crippen molar-refractivity contribution < 1.29 is 102 Å². The summed E-state index contributed by atoms with van der Waals surface area (Å²) in [5.41, 5.74) is 24.4. The number of rotatable bonds is 27. The Balaban J connectivity index is 1.92. The molecular weight excluding hydrogens is 1460 g/mol. The fourth-order valence-electron chi connectivity index (χ4n) is 12.4. The van der Waals surface area contributed by atoms with E-state index in [1.807, 2.05) is 24.5 Å². The van der Waals surface area contributed by atoms with E-state index < -0.39 is 225 Å². The van der Waals surface area contributed by atoms with Crippen LogP contribution in [0.4, 0.5) is 0 Å². The van der Waals surface area contributed by atoms with Gasteiger partial charge < -0.3 is 116 Å². The highest BCUT2D eigenvalue weighted by molar-refractivity contribution is 6.01. The van der Waals surface area contributed by atoms with Gasteiger partial charge in [0, 0.05) is 50.5 Å². The second kappa shape index (κ2) is 46.8. The van der Waals surface area contributed by atoms with Crippen molar-refractivity contribution >= 4 is 106 Å². The molecule has 0 bridgehead atoms. The van der Waals surface area contributed by atoms with E-state index in [1.54, 1.807) is 88.5 Å². The molecule has 3 aromatic rings. The van der Waals surface area contributed by atoms with Crippen LogP contribution in [0.2, 0.25) is 0 Å². The summed E-state index contributed by atoms with van der Waals surface area (Å²) in [6.07, 6.45) is -4.71. The van der Waals surface area contributed by atoms with Crippen LogP contribution in [0.3, 0.4) is 0 Å². The molecule has 1 aliphatic heterocycles. The molecule has 38 nitrogen and oxygen atoms in total. The monoisotopic (exact) mass is 1580 g/mol.